The number of aliphatic hydroxyl groups is 2. The third-order valence-corrected chi connectivity index (χ3v) is 10.1. The lowest BCUT2D eigenvalue weighted by atomic mass is 10.0. The number of aryl methyl sites for hydroxylation is 1. The van der Waals surface area contributed by atoms with E-state index in [1.165, 1.54) is 15.9 Å². The Hall–Kier alpha value is -2.83. The summed E-state index contributed by atoms with van der Waals surface area (Å²) in [6.07, 6.45) is 6.56. The minimum absolute atomic E-state index is 0.0355. The minimum Gasteiger partial charge on any atom is -0.508 e. The molecule has 0 unspecified atom stereocenters. The van der Waals surface area contributed by atoms with Gasteiger partial charge in [0.05, 0.1) is 30.8 Å². The lowest BCUT2D eigenvalue weighted by molar-refractivity contribution is 0.0730. The van der Waals surface area contributed by atoms with Crippen molar-refractivity contribution in [2.24, 2.45) is 0 Å². The predicted octanol–water partition coefficient (Wildman–Crippen LogP) is 4.80. The monoisotopic (exact) mass is 640 g/mol. The number of hydrogen-bond donors (Lipinski definition) is 4. The van der Waals surface area contributed by atoms with Crippen molar-refractivity contribution in [3.63, 3.8) is 0 Å². The van der Waals surface area contributed by atoms with Gasteiger partial charge in [-0.1, -0.05) is 61.4 Å². The number of sulfonamides is 1. The maximum atomic E-state index is 13.3. The summed E-state index contributed by atoms with van der Waals surface area (Å²) < 4.78 is 39.3. The molecule has 3 aromatic rings. The van der Waals surface area contributed by atoms with Crippen molar-refractivity contribution < 1.29 is 33.2 Å². The standard InChI is InChI=1S/C35H48N2O7S/c38-27-31-25-30(16-17-33(31)39)34(40)26-36-18-6-1-2-7-21-43-22-8-5-9-28-12-14-29(15-13-28)32-10-3-4-11-35(32)45(41,42)37-19-23-44-24-20-37/h3-4,10-17,25,34,36,38-40H,1-2,5-9,18-24,26-27H2/t34-/m0/s1. The molecule has 1 aliphatic rings. The fourth-order valence-corrected chi connectivity index (χ4v) is 7.07. The second kappa shape index (κ2) is 18.3. The molecule has 0 aliphatic carbocycles. The quantitative estimate of drug-likeness (QED) is 0.138. The van der Waals surface area contributed by atoms with Gasteiger partial charge in [-0.05, 0) is 73.5 Å². The van der Waals surface area contributed by atoms with E-state index >= 15 is 0 Å². The molecule has 0 bridgehead atoms. The van der Waals surface area contributed by atoms with Crippen molar-refractivity contribution in [1.82, 2.24) is 9.62 Å². The summed E-state index contributed by atoms with van der Waals surface area (Å²) >= 11 is 0. The summed E-state index contributed by atoms with van der Waals surface area (Å²) in [5, 5.41) is 32.5. The Morgan fingerprint density at radius 3 is 2.36 bits per heavy atom. The van der Waals surface area contributed by atoms with E-state index in [1.54, 1.807) is 24.3 Å². The van der Waals surface area contributed by atoms with Crippen LogP contribution in [0.5, 0.6) is 5.75 Å². The fourth-order valence-electron chi connectivity index (χ4n) is 5.45. The van der Waals surface area contributed by atoms with Crippen LogP contribution >= 0.6 is 0 Å². The largest absolute Gasteiger partial charge is 0.508 e. The average Bonchev–Trinajstić information content (AvgIpc) is 3.07. The zero-order valence-electron chi connectivity index (χ0n) is 26.1. The van der Waals surface area contributed by atoms with Crippen LogP contribution in [0, 0.1) is 0 Å². The summed E-state index contributed by atoms with van der Waals surface area (Å²) in [6.45, 7) is 4.11. The first-order valence-electron chi connectivity index (χ1n) is 16.1. The molecular weight excluding hydrogens is 592 g/mol. The van der Waals surface area contributed by atoms with Crippen molar-refractivity contribution in [3.8, 4) is 16.9 Å². The first kappa shape index (κ1) is 35.0. The van der Waals surface area contributed by atoms with Crippen molar-refractivity contribution in [2.45, 2.75) is 62.6 Å². The second-order valence-corrected chi connectivity index (χ2v) is 13.4. The molecule has 0 spiro atoms. The number of hydrogen-bond acceptors (Lipinski definition) is 8. The Balaban J connectivity index is 1.05. The lowest BCUT2D eigenvalue weighted by Gasteiger charge is -2.27. The molecule has 10 heteroatoms. The number of nitrogens with zero attached hydrogens (tertiary/aromatic N) is 1. The molecule has 1 atom stereocenters. The molecule has 4 rings (SSSR count). The molecule has 4 N–H and O–H groups in total. The molecule has 0 radical (unpaired) electrons. The van der Waals surface area contributed by atoms with Crippen LogP contribution in [-0.2, 0) is 32.5 Å². The topological polar surface area (TPSA) is 129 Å². The zero-order valence-corrected chi connectivity index (χ0v) is 26.9. The Morgan fingerprint density at radius 1 is 0.889 bits per heavy atom. The Kier molecular flexibility index (Phi) is 14.3. The number of ether oxygens (including phenoxy) is 2. The van der Waals surface area contributed by atoms with E-state index in [9.17, 15) is 23.7 Å². The summed E-state index contributed by atoms with van der Waals surface area (Å²) in [5.41, 5.74) is 3.94. The van der Waals surface area contributed by atoms with E-state index in [0.29, 0.717) is 48.9 Å². The molecule has 0 aromatic heterocycles. The van der Waals surface area contributed by atoms with Gasteiger partial charge in [0.25, 0.3) is 0 Å². The van der Waals surface area contributed by atoms with Crippen LogP contribution in [0.2, 0.25) is 0 Å². The highest BCUT2D eigenvalue weighted by atomic mass is 32.2. The molecule has 1 heterocycles. The number of nitrogens with one attached hydrogen (secondary N) is 1. The van der Waals surface area contributed by atoms with E-state index in [2.05, 4.69) is 17.4 Å². The van der Waals surface area contributed by atoms with Crippen LogP contribution < -0.4 is 5.32 Å². The first-order chi connectivity index (χ1) is 21.9. The highest BCUT2D eigenvalue weighted by Crippen LogP contribution is 2.30. The summed E-state index contributed by atoms with van der Waals surface area (Å²) in [4.78, 5) is 0.341. The Bertz CT molecular complexity index is 1410. The number of unbranched alkanes of at least 4 members (excludes halogenated alkanes) is 4. The van der Waals surface area contributed by atoms with Crippen molar-refractivity contribution in [1.29, 1.82) is 0 Å². The molecule has 1 fully saturated rings. The van der Waals surface area contributed by atoms with Gasteiger partial charge < -0.3 is 30.1 Å². The Labute approximate surface area is 267 Å². The van der Waals surface area contributed by atoms with Gasteiger partial charge in [0.15, 0.2) is 0 Å². The molecule has 45 heavy (non-hydrogen) atoms. The summed E-state index contributed by atoms with van der Waals surface area (Å²) in [5.74, 6) is 0.0355. The number of morpholine rings is 1. The van der Waals surface area contributed by atoms with E-state index in [4.69, 9.17) is 9.47 Å². The molecule has 246 valence electrons. The van der Waals surface area contributed by atoms with Crippen LogP contribution in [0.25, 0.3) is 11.1 Å². The molecule has 0 saturated carbocycles. The normalized spacial score (nSPS) is 14.9. The summed E-state index contributed by atoms with van der Waals surface area (Å²) in [7, 11) is -3.58. The molecule has 1 saturated heterocycles. The van der Waals surface area contributed by atoms with Gasteiger partial charge in [-0.25, -0.2) is 8.42 Å². The van der Waals surface area contributed by atoms with Gasteiger partial charge in [0.1, 0.15) is 5.75 Å². The third kappa shape index (κ3) is 10.6. The van der Waals surface area contributed by atoms with Gasteiger partial charge in [-0.15, -0.1) is 0 Å². The molecule has 0 amide bonds. The fraction of sp³-hybridized carbons (Fsp3) is 0.486. The smallest absolute Gasteiger partial charge is 0.243 e. The Morgan fingerprint density at radius 2 is 1.60 bits per heavy atom. The van der Waals surface area contributed by atoms with Gasteiger partial charge in [0.2, 0.25) is 10.0 Å². The van der Waals surface area contributed by atoms with Gasteiger partial charge in [-0.2, -0.15) is 4.31 Å². The average molecular weight is 641 g/mol. The van der Waals surface area contributed by atoms with E-state index < -0.39 is 16.1 Å². The van der Waals surface area contributed by atoms with Gasteiger partial charge >= 0.3 is 0 Å². The number of rotatable bonds is 19. The third-order valence-electron chi connectivity index (χ3n) is 8.13. The second-order valence-electron chi connectivity index (χ2n) is 11.5. The predicted molar refractivity (Wildman–Crippen MR) is 176 cm³/mol. The molecule has 3 aromatic carbocycles. The highest BCUT2D eigenvalue weighted by Gasteiger charge is 2.28. The minimum atomic E-state index is -3.58. The van der Waals surface area contributed by atoms with Crippen LogP contribution in [0.1, 0.15) is 61.3 Å². The maximum Gasteiger partial charge on any atom is 0.243 e. The number of aliphatic hydroxyl groups excluding tert-OH is 2. The summed E-state index contributed by atoms with van der Waals surface area (Å²) in [6, 6.07) is 20.2. The van der Waals surface area contributed by atoms with E-state index in [0.717, 1.165) is 75.8 Å². The maximum absolute atomic E-state index is 13.3. The molecular formula is C35H48N2O7S. The van der Waals surface area contributed by atoms with Crippen LogP contribution in [0.15, 0.2) is 71.6 Å². The molecule has 1 aliphatic heterocycles. The van der Waals surface area contributed by atoms with Crippen molar-refractivity contribution in [3.05, 3.63) is 83.4 Å². The number of benzene rings is 3. The van der Waals surface area contributed by atoms with E-state index in [1.807, 2.05) is 24.3 Å². The SMILES string of the molecule is O=S(=O)(c1ccccc1-c1ccc(CCCCOCCCCCCNC[C@H](O)c2ccc(O)c(CO)c2)cc1)N1CCOCC1. The van der Waals surface area contributed by atoms with Crippen LogP contribution in [0.4, 0.5) is 0 Å². The zero-order chi connectivity index (χ0) is 31.9. The number of aromatic hydroxyl groups is 1. The number of phenols is 1. The van der Waals surface area contributed by atoms with Gasteiger partial charge in [0, 0.05) is 44.0 Å². The van der Waals surface area contributed by atoms with Crippen LogP contribution in [0.3, 0.4) is 0 Å². The van der Waals surface area contributed by atoms with Crippen LogP contribution in [-0.4, -0.2) is 80.6 Å². The van der Waals surface area contributed by atoms with E-state index in [-0.39, 0.29) is 12.4 Å². The van der Waals surface area contributed by atoms with Crippen molar-refractivity contribution in [2.75, 3.05) is 52.6 Å². The lowest BCUT2D eigenvalue weighted by Crippen LogP contribution is -2.40. The highest BCUT2D eigenvalue weighted by molar-refractivity contribution is 7.89. The first-order valence-corrected chi connectivity index (χ1v) is 17.5. The van der Waals surface area contributed by atoms with Gasteiger partial charge in [-0.3, -0.25) is 0 Å². The molecule has 9 nitrogen and oxygen atoms in total. The van der Waals surface area contributed by atoms with Crippen molar-refractivity contribution >= 4 is 10.0 Å².